The Morgan fingerprint density at radius 2 is 1.95 bits per heavy atom. The average molecular weight is 265 g/mol. The number of pyridine rings is 1. The maximum absolute atomic E-state index is 9.36. The first kappa shape index (κ1) is 12.9. The molecule has 1 N–H and O–H groups in total. The molecular formula is C17H19N3. The highest BCUT2D eigenvalue weighted by Crippen LogP contribution is 2.34. The quantitative estimate of drug-likeness (QED) is 0.883. The van der Waals surface area contributed by atoms with Gasteiger partial charge in [-0.2, -0.15) is 5.26 Å². The van der Waals surface area contributed by atoms with Gasteiger partial charge >= 0.3 is 0 Å². The second-order valence-electron chi connectivity index (χ2n) is 5.92. The van der Waals surface area contributed by atoms with E-state index in [9.17, 15) is 5.26 Å². The maximum Gasteiger partial charge on any atom is 0.103 e. The molecule has 1 aromatic heterocycles. The van der Waals surface area contributed by atoms with Gasteiger partial charge in [-0.1, -0.05) is 37.5 Å². The fourth-order valence-electron chi connectivity index (χ4n) is 3.12. The van der Waals surface area contributed by atoms with Gasteiger partial charge in [0.15, 0.2) is 0 Å². The van der Waals surface area contributed by atoms with E-state index in [0.717, 1.165) is 29.4 Å². The Kier molecular flexibility index (Phi) is 3.31. The van der Waals surface area contributed by atoms with Crippen LogP contribution in [0.5, 0.6) is 0 Å². The molecule has 0 radical (unpaired) electrons. The van der Waals surface area contributed by atoms with Crippen molar-refractivity contribution in [1.82, 2.24) is 4.98 Å². The van der Waals surface area contributed by atoms with E-state index >= 15 is 0 Å². The third-order valence-corrected chi connectivity index (χ3v) is 4.28. The minimum atomic E-state index is 0.0912. The number of para-hydroxylation sites is 1. The Labute approximate surface area is 119 Å². The molecule has 0 aliphatic heterocycles. The van der Waals surface area contributed by atoms with E-state index in [2.05, 4.69) is 23.3 Å². The molecule has 3 rings (SSSR count). The van der Waals surface area contributed by atoms with Crippen molar-refractivity contribution in [2.45, 2.75) is 44.6 Å². The van der Waals surface area contributed by atoms with Gasteiger partial charge in [-0.05, 0) is 25.8 Å². The molecule has 0 bridgehead atoms. The van der Waals surface area contributed by atoms with Crippen LogP contribution in [-0.4, -0.2) is 10.5 Å². The van der Waals surface area contributed by atoms with Gasteiger partial charge in [-0.3, -0.25) is 4.98 Å². The van der Waals surface area contributed by atoms with E-state index in [4.69, 9.17) is 0 Å². The van der Waals surface area contributed by atoms with E-state index in [1.807, 2.05) is 24.3 Å². The first-order valence-corrected chi connectivity index (χ1v) is 7.28. The molecule has 1 fully saturated rings. The number of fused-ring (bicyclic) bond motifs is 1. The Morgan fingerprint density at radius 3 is 2.70 bits per heavy atom. The van der Waals surface area contributed by atoms with Gasteiger partial charge in [-0.25, -0.2) is 0 Å². The van der Waals surface area contributed by atoms with Gasteiger partial charge in [0.1, 0.15) is 6.07 Å². The average Bonchev–Trinajstić information content (AvgIpc) is 2.48. The largest absolute Gasteiger partial charge is 0.378 e. The van der Waals surface area contributed by atoms with Crippen molar-refractivity contribution >= 4 is 16.6 Å². The van der Waals surface area contributed by atoms with Crippen molar-refractivity contribution in [2.24, 2.45) is 0 Å². The molecule has 0 unspecified atom stereocenters. The van der Waals surface area contributed by atoms with Crippen LogP contribution in [0.4, 0.5) is 5.69 Å². The normalized spacial score (nSPS) is 17.6. The molecule has 1 aromatic carbocycles. The number of nitriles is 1. The summed E-state index contributed by atoms with van der Waals surface area (Å²) in [4.78, 5) is 4.37. The zero-order valence-electron chi connectivity index (χ0n) is 11.8. The Balaban J connectivity index is 2.07. The predicted octanol–water partition coefficient (Wildman–Crippen LogP) is 4.24. The van der Waals surface area contributed by atoms with Crippen molar-refractivity contribution < 1.29 is 0 Å². The molecule has 1 aliphatic carbocycles. The number of aromatic nitrogens is 1. The van der Waals surface area contributed by atoms with E-state index in [1.54, 1.807) is 6.20 Å². The summed E-state index contributed by atoms with van der Waals surface area (Å²) >= 11 is 0. The van der Waals surface area contributed by atoms with Crippen LogP contribution in [0.15, 0.2) is 30.5 Å². The first-order chi connectivity index (χ1) is 9.72. The van der Waals surface area contributed by atoms with E-state index < -0.39 is 0 Å². The van der Waals surface area contributed by atoms with Gasteiger partial charge < -0.3 is 5.32 Å². The van der Waals surface area contributed by atoms with Crippen LogP contribution in [0.3, 0.4) is 0 Å². The van der Waals surface area contributed by atoms with E-state index in [1.165, 1.54) is 19.3 Å². The monoisotopic (exact) mass is 265 g/mol. The molecule has 3 nitrogen and oxygen atoms in total. The number of nitrogens with one attached hydrogen (secondary N) is 1. The number of rotatable bonds is 2. The smallest absolute Gasteiger partial charge is 0.103 e. The third kappa shape index (κ3) is 2.34. The van der Waals surface area contributed by atoms with Gasteiger partial charge in [0, 0.05) is 17.1 Å². The van der Waals surface area contributed by atoms with Crippen LogP contribution in [-0.2, 0) is 0 Å². The number of nitrogens with zero attached hydrogens (tertiary/aromatic N) is 2. The molecule has 0 atom stereocenters. The summed E-state index contributed by atoms with van der Waals surface area (Å²) in [5.74, 6) is 0. The van der Waals surface area contributed by atoms with Gasteiger partial charge in [0.05, 0.1) is 16.8 Å². The molecule has 0 amide bonds. The summed E-state index contributed by atoms with van der Waals surface area (Å²) in [6, 6.07) is 10.3. The minimum Gasteiger partial charge on any atom is -0.378 e. The van der Waals surface area contributed by atoms with E-state index in [-0.39, 0.29) is 5.54 Å². The highest BCUT2D eigenvalue weighted by molar-refractivity contribution is 5.94. The molecule has 1 saturated carbocycles. The molecule has 20 heavy (non-hydrogen) atoms. The molecule has 1 heterocycles. The lowest BCUT2D eigenvalue weighted by molar-refractivity contribution is 0.349. The maximum atomic E-state index is 9.36. The van der Waals surface area contributed by atoms with Crippen molar-refractivity contribution in [3.8, 4) is 6.07 Å². The third-order valence-electron chi connectivity index (χ3n) is 4.28. The van der Waals surface area contributed by atoms with Gasteiger partial charge in [-0.15, -0.1) is 0 Å². The fraction of sp³-hybridized carbons (Fsp3) is 0.412. The van der Waals surface area contributed by atoms with Crippen molar-refractivity contribution in [3.05, 3.63) is 36.0 Å². The lowest BCUT2D eigenvalue weighted by Gasteiger charge is -2.36. The molecular weight excluding hydrogens is 246 g/mol. The summed E-state index contributed by atoms with van der Waals surface area (Å²) in [6.07, 6.45) is 7.84. The standard InChI is InChI=1S/C17H19N3/c1-17(9-5-2-6-10-17)20-16-13(11-18)12-19-15-8-4-3-7-14(15)16/h3-4,7-8,12H,2,5-6,9-10H2,1H3,(H,19,20). The summed E-state index contributed by atoms with van der Waals surface area (Å²) < 4.78 is 0. The van der Waals surface area contributed by atoms with Gasteiger partial charge in [0.25, 0.3) is 0 Å². The molecule has 1 aliphatic rings. The second kappa shape index (κ2) is 5.13. The number of anilines is 1. The molecule has 102 valence electrons. The molecule has 0 saturated heterocycles. The zero-order valence-corrected chi connectivity index (χ0v) is 11.8. The summed E-state index contributed by atoms with van der Waals surface area (Å²) in [7, 11) is 0. The van der Waals surface area contributed by atoms with Crippen LogP contribution < -0.4 is 5.32 Å². The second-order valence-corrected chi connectivity index (χ2v) is 5.92. The fourth-order valence-corrected chi connectivity index (χ4v) is 3.12. The Bertz CT molecular complexity index is 663. The Morgan fingerprint density at radius 1 is 1.20 bits per heavy atom. The lowest BCUT2D eigenvalue weighted by Crippen LogP contribution is -2.37. The number of benzene rings is 1. The predicted molar refractivity (Wildman–Crippen MR) is 81.6 cm³/mol. The molecule has 0 spiro atoms. The van der Waals surface area contributed by atoms with E-state index in [0.29, 0.717) is 5.56 Å². The zero-order chi connectivity index (χ0) is 14.0. The molecule has 3 heteroatoms. The molecule has 2 aromatic rings. The van der Waals surface area contributed by atoms with Crippen molar-refractivity contribution in [1.29, 1.82) is 5.26 Å². The summed E-state index contributed by atoms with van der Waals surface area (Å²) in [5, 5.41) is 14.1. The Hall–Kier alpha value is -2.08. The van der Waals surface area contributed by atoms with Gasteiger partial charge in [0.2, 0.25) is 0 Å². The summed E-state index contributed by atoms with van der Waals surface area (Å²) in [5.41, 5.74) is 2.61. The van der Waals surface area contributed by atoms with Crippen LogP contribution in [0.1, 0.15) is 44.6 Å². The highest BCUT2D eigenvalue weighted by atomic mass is 15.0. The number of hydrogen-bond acceptors (Lipinski definition) is 3. The SMILES string of the molecule is CC1(Nc2c(C#N)cnc3ccccc23)CCCCC1. The van der Waals surface area contributed by atoms with Crippen LogP contribution in [0.2, 0.25) is 0 Å². The minimum absolute atomic E-state index is 0.0912. The van der Waals surface area contributed by atoms with Crippen molar-refractivity contribution in [3.63, 3.8) is 0 Å². The highest BCUT2D eigenvalue weighted by Gasteiger charge is 2.27. The summed E-state index contributed by atoms with van der Waals surface area (Å²) in [6.45, 7) is 2.27. The topological polar surface area (TPSA) is 48.7 Å². The lowest BCUT2D eigenvalue weighted by atomic mass is 9.83. The number of hydrogen-bond donors (Lipinski definition) is 1. The first-order valence-electron chi connectivity index (χ1n) is 7.28. The van der Waals surface area contributed by atoms with Crippen LogP contribution in [0, 0.1) is 11.3 Å². The van der Waals surface area contributed by atoms with Crippen molar-refractivity contribution in [2.75, 3.05) is 5.32 Å². The van der Waals surface area contributed by atoms with Crippen LogP contribution >= 0.6 is 0 Å². The van der Waals surface area contributed by atoms with Crippen LogP contribution in [0.25, 0.3) is 10.9 Å².